The summed E-state index contributed by atoms with van der Waals surface area (Å²) in [4.78, 5) is 0. The van der Waals surface area contributed by atoms with E-state index in [9.17, 15) is 8.42 Å². The van der Waals surface area contributed by atoms with Crippen molar-refractivity contribution in [1.82, 2.24) is 0 Å². The van der Waals surface area contributed by atoms with Crippen LogP contribution in [0.5, 0.6) is 0 Å². The predicted octanol–water partition coefficient (Wildman–Crippen LogP) is 1.94. The van der Waals surface area contributed by atoms with Crippen LogP contribution in [0.15, 0.2) is 0 Å². The van der Waals surface area contributed by atoms with Gasteiger partial charge < -0.3 is 0 Å². The van der Waals surface area contributed by atoms with Crippen molar-refractivity contribution in [2.75, 3.05) is 0 Å². The van der Waals surface area contributed by atoms with Crippen LogP contribution in [-0.4, -0.2) is 8.42 Å². The molecule has 0 aliphatic heterocycles. The van der Waals surface area contributed by atoms with E-state index in [0.717, 1.165) is 0 Å². The molecule has 0 amide bonds. The van der Waals surface area contributed by atoms with Crippen LogP contribution in [0.4, 0.5) is 0 Å². The van der Waals surface area contributed by atoms with Gasteiger partial charge in [0.25, 0.3) is 0 Å². The molecule has 0 N–H and O–H groups in total. The Kier molecular flexibility index (Phi) is 8.34. The molecule has 2 fully saturated rings. The molecule has 0 saturated heterocycles. The molecular formula is C10H9ClFeO2S+2. The Labute approximate surface area is 108 Å². The fourth-order valence-electron chi connectivity index (χ4n) is 0.840. The monoisotopic (exact) mass is 284 g/mol. The van der Waals surface area contributed by atoms with Crippen LogP contribution in [0.1, 0.15) is 0 Å². The first kappa shape index (κ1) is 15.8. The fraction of sp³-hybridized carbons (Fsp3) is 0. The van der Waals surface area contributed by atoms with Crippen molar-refractivity contribution in [3.8, 4) is 0 Å². The maximum Gasteiger partial charge on any atom is 2.00 e. The Bertz CT molecular complexity index is 237. The Morgan fingerprint density at radius 1 is 0.800 bits per heavy atom. The van der Waals surface area contributed by atoms with Crippen molar-refractivity contribution >= 4 is 19.7 Å². The molecule has 2 saturated carbocycles. The minimum Gasteiger partial charge on any atom is -0.212 e. The Hall–Kier alpha value is 0.759. The zero-order valence-corrected chi connectivity index (χ0v) is 10.3. The van der Waals surface area contributed by atoms with Crippen LogP contribution in [0.2, 0.25) is 0 Å². The van der Waals surface area contributed by atoms with Crippen LogP contribution in [0.25, 0.3) is 0 Å². The first-order chi connectivity index (χ1) is 6.61. The molecule has 0 aromatic rings. The van der Waals surface area contributed by atoms with Gasteiger partial charge in [0, 0.05) is 10.7 Å². The molecule has 15 heavy (non-hydrogen) atoms. The van der Waals surface area contributed by atoms with Crippen LogP contribution in [0, 0.1) is 63.0 Å². The minimum atomic E-state index is -3.49. The third-order valence-electron chi connectivity index (χ3n) is 1.47. The fourth-order valence-corrected chi connectivity index (χ4v) is 1.63. The van der Waals surface area contributed by atoms with Crippen LogP contribution < -0.4 is 0 Å². The number of halogens is 1. The first-order valence-corrected chi connectivity index (χ1v) is 6.25. The SMILES string of the molecule is O=S(=O)(Cl)[C]1[CH][CH][CH][CH]1.[CH]1[CH][CH][CH][CH]1.[Fe+2]. The van der Waals surface area contributed by atoms with Gasteiger partial charge in [-0.1, -0.05) is 0 Å². The first-order valence-electron chi connectivity index (χ1n) is 3.94. The van der Waals surface area contributed by atoms with E-state index in [0.29, 0.717) is 0 Å². The average molecular weight is 285 g/mol. The van der Waals surface area contributed by atoms with E-state index in [-0.39, 0.29) is 22.3 Å². The summed E-state index contributed by atoms with van der Waals surface area (Å²) in [5.41, 5.74) is 0. The third kappa shape index (κ3) is 6.83. The van der Waals surface area contributed by atoms with Gasteiger partial charge in [-0.3, -0.25) is 0 Å². The molecule has 80 valence electrons. The molecule has 0 aromatic heterocycles. The number of hydrogen-bond acceptors (Lipinski definition) is 2. The second-order valence-corrected chi connectivity index (χ2v) is 5.09. The van der Waals surface area contributed by atoms with E-state index in [1.54, 1.807) is 12.8 Å². The zero-order valence-electron chi connectivity index (χ0n) is 7.65. The van der Waals surface area contributed by atoms with Gasteiger partial charge >= 0.3 is 17.1 Å². The summed E-state index contributed by atoms with van der Waals surface area (Å²) < 4.78 is 20.9. The molecule has 0 aromatic carbocycles. The predicted molar refractivity (Wildman–Crippen MR) is 56.7 cm³/mol. The second kappa shape index (κ2) is 7.94. The summed E-state index contributed by atoms with van der Waals surface area (Å²) >= 11 is 0. The van der Waals surface area contributed by atoms with Crippen LogP contribution >= 0.6 is 10.7 Å². The molecule has 0 atom stereocenters. The topological polar surface area (TPSA) is 34.1 Å². The van der Waals surface area contributed by atoms with E-state index in [2.05, 4.69) is 0 Å². The maximum absolute atomic E-state index is 10.5. The maximum atomic E-state index is 10.5. The second-order valence-electron chi connectivity index (χ2n) is 2.52. The smallest absolute Gasteiger partial charge is 0.212 e. The molecule has 5 heteroatoms. The van der Waals surface area contributed by atoms with Gasteiger partial charge in [0.15, 0.2) is 0 Å². The molecular weight excluding hydrogens is 275 g/mol. The Morgan fingerprint density at radius 2 is 1.13 bits per heavy atom. The van der Waals surface area contributed by atoms with E-state index < -0.39 is 9.05 Å². The van der Waals surface area contributed by atoms with Crippen molar-refractivity contribution in [3.63, 3.8) is 0 Å². The quantitative estimate of drug-likeness (QED) is 0.545. The van der Waals surface area contributed by atoms with Gasteiger partial charge in [-0.2, -0.15) is 0 Å². The van der Waals surface area contributed by atoms with Gasteiger partial charge in [0.2, 0.25) is 9.05 Å². The summed E-state index contributed by atoms with van der Waals surface area (Å²) in [7, 11) is 1.48. The van der Waals surface area contributed by atoms with Crippen molar-refractivity contribution < 1.29 is 25.5 Å². The van der Waals surface area contributed by atoms with E-state index >= 15 is 0 Å². The molecule has 2 aliphatic rings. The van der Waals surface area contributed by atoms with Crippen molar-refractivity contribution in [2.45, 2.75) is 0 Å². The molecule has 2 rings (SSSR count). The van der Waals surface area contributed by atoms with Crippen molar-refractivity contribution in [2.24, 2.45) is 0 Å². The Balaban J connectivity index is 0.000000280. The standard InChI is InChI=1S/C5H4ClO2S.C5H5.Fe/c6-9(7,8)5-3-1-2-4-5;1-2-4-5-3-1;/h1-4H;1-5H;/q;;+2. The molecule has 2 nitrogen and oxygen atoms in total. The molecule has 0 unspecified atom stereocenters. The van der Waals surface area contributed by atoms with E-state index in [1.165, 1.54) is 12.8 Å². The molecule has 0 heterocycles. The average Bonchev–Trinajstić information content (AvgIpc) is 2.80. The summed E-state index contributed by atoms with van der Waals surface area (Å²) in [5.74, 6) is 0. The summed E-state index contributed by atoms with van der Waals surface area (Å²) in [5, 5.41) is 0.157. The normalized spacial score (nSPS) is 21.7. The van der Waals surface area contributed by atoms with E-state index in [1.807, 2.05) is 32.1 Å². The zero-order chi connectivity index (χ0) is 10.4. The van der Waals surface area contributed by atoms with Crippen LogP contribution in [-0.2, 0) is 26.1 Å². The van der Waals surface area contributed by atoms with Gasteiger partial charge in [-0.05, 0) is 57.8 Å². The minimum absolute atomic E-state index is 0. The van der Waals surface area contributed by atoms with Gasteiger partial charge in [-0.25, -0.2) is 8.42 Å². The molecule has 0 spiro atoms. The third-order valence-corrected chi connectivity index (χ3v) is 2.84. The van der Waals surface area contributed by atoms with E-state index in [4.69, 9.17) is 10.7 Å². The summed E-state index contributed by atoms with van der Waals surface area (Å²) in [6.07, 6.45) is 16.1. The van der Waals surface area contributed by atoms with Crippen molar-refractivity contribution in [3.05, 3.63) is 63.0 Å². The number of rotatable bonds is 1. The van der Waals surface area contributed by atoms with Gasteiger partial charge in [-0.15, -0.1) is 0 Å². The molecule has 0 bridgehead atoms. The molecule has 10 radical (unpaired) electrons. The summed E-state index contributed by atoms with van der Waals surface area (Å²) in [6, 6.07) is 0. The number of hydrogen-bond donors (Lipinski definition) is 0. The largest absolute Gasteiger partial charge is 2.00 e. The summed E-state index contributed by atoms with van der Waals surface area (Å²) in [6.45, 7) is 0. The molecule has 2 aliphatic carbocycles. The van der Waals surface area contributed by atoms with Crippen molar-refractivity contribution in [1.29, 1.82) is 0 Å². The van der Waals surface area contributed by atoms with Gasteiger partial charge in [0.1, 0.15) is 5.25 Å². The van der Waals surface area contributed by atoms with Crippen LogP contribution in [0.3, 0.4) is 0 Å². The van der Waals surface area contributed by atoms with Gasteiger partial charge in [0.05, 0.1) is 0 Å². The Morgan fingerprint density at radius 3 is 1.33 bits per heavy atom.